The summed E-state index contributed by atoms with van der Waals surface area (Å²) in [6.45, 7) is 6.45. The lowest BCUT2D eigenvalue weighted by Gasteiger charge is -2.41. The van der Waals surface area contributed by atoms with E-state index in [1.807, 2.05) is 0 Å². The Morgan fingerprint density at radius 3 is 2.53 bits per heavy atom. The Kier molecular flexibility index (Phi) is 4.88. The third-order valence-electron chi connectivity index (χ3n) is 5.45. The first-order chi connectivity index (χ1) is 9.08. The van der Waals surface area contributed by atoms with E-state index < -0.39 is 0 Å². The van der Waals surface area contributed by atoms with Gasteiger partial charge in [0.2, 0.25) is 5.91 Å². The molecule has 0 spiro atoms. The van der Waals surface area contributed by atoms with Crippen LogP contribution in [0.2, 0.25) is 0 Å². The zero-order valence-electron chi connectivity index (χ0n) is 12.8. The van der Waals surface area contributed by atoms with Crippen molar-refractivity contribution in [3.63, 3.8) is 0 Å². The van der Waals surface area contributed by atoms with E-state index in [2.05, 4.69) is 31.4 Å². The van der Waals surface area contributed by atoms with Gasteiger partial charge in [0, 0.05) is 11.6 Å². The number of fused-ring (bicyclic) bond motifs is 1. The summed E-state index contributed by atoms with van der Waals surface area (Å²) in [5.74, 6) is 1.04. The van der Waals surface area contributed by atoms with Crippen LogP contribution in [-0.2, 0) is 4.79 Å². The second-order valence-electron chi connectivity index (χ2n) is 6.70. The summed E-state index contributed by atoms with van der Waals surface area (Å²) in [6.07, 6.45) is 9.54. The number of carbonyl (C=O) groups excluding carboxylic acids is 1. The lowest BCUT2D eigenvalue weighted by Crippen LogP contribution is -2.58. The molecule has 1 saturated heterocycles. The Hall–Kier alpha value is -0.570. The molecule has 2 fully saturated rings. The van der Waals surface area contributed by atoms with Crippen molar-refractivity contribution in [2.75, 3.05) is 0 Å². The van der Waals surface area contributed by atoms with Crippen LogP contribution in [0.5, 0.6) is 0 Å². The molecule has 0 bridgehead atoms. The minimum absolute atomic E-state index is 0.0387. The highest BCUT2D eigenvalue weighted by Gasteiger charge is 2.35. The Balaban J connectivity index is 1.90. The van der Waals surface area contributed by atoms with Gasteiger partial charge in [-0.15, -0.1) is 0 Å². The zero-order valence-corrected chi connectivity index (χ0v) is 12.8. The van der Waals surface area contributed by atoms with Crippen LogP contribution >= 0.6 is 0 Å². The molecule has 1 amide bonds. The van der Waals surface area contributed by atoms with Crippen molar-refractivity contribution < 1.29 is 4.79 Å². The molecule has 3 nitrogen and oxygen atoms in total. The molecule has 19 heavy (non-hydrogen) atoms. The topological polar surface area (TPSA) is 41.1 Å². The van der Waals surface area contributed by atoms with Gasteiger partial charge in [-0.1, -0.05) is 26.7 Å². The molecule has 1 saturated carbocycles. The average Bonchev–Trinajstić information content (AvgIpc) is 2.46. The SMILES string of the molecule is CCC(C)(CC)NC(=O)C1CCC2CCCCC2N1. The molecule has 0 radical (unpaired) electrons. The highest BCUT2D eigenvalue weighted by atomic mass is 16.2. The third-order valence-corrected chi connectivity index (χ3v) is 5.45. The minimum Gasteiger partial charge on any atom is -0.350 e. The van der Waals surface area contributed by atoms with Crippen molar-refractivity contribution in [2.45, 2.75) is 89.8 Å². The van der Waals surface area contributed by atoms with Crippen LogP contribution in [0.15, 0.2) is 0 Å². The molecule has 3 heteroatoms. The maximum absolute atomic E-state index is 12.4. The molecule has 0 aromatic carbocycles. The number of amides is 1. The van der Waals surface area contributed by atoms with Crippen LogP contribution in [0.4, 0.5) is 0 Å². The fraction of sp³-hybridized carbons (Fsp3) is 0.938. The molecule has 3 atom stereocenters. The number of piperidine rings is 1. The van der Waals surface area contributed by atoms with Crippen molar-refractivity contribution in [3.05, 3.63) is 0 Å². The first kappa shape index (κ1) is 14.8. The largest absolute Gasteiger partial charge is 0.350 e. The van der Waals surface area contributed by atoms with Gasteiger partial charge in [-0.05, 0) is 51.4 Å². The van der Waals surface area contributed by atoms with Crippen molar-refractivity contribution in [1.82, 2.24) is 10.6 Å². The zero-order chi connectivity index (χ0) is 13.9. The number of carbonyl (C=O) groups is 1. The quantitative estimate of drug-likeness (QED) is 0.821. The molecule has 0 aromatic rings. The lowest BCUT2D eigenvalue weighted by atomic mass is 9.77. The van der Waals surface area contributed by atoms with E-state index >= 15 is 0 Å². The van der Waals surface area contributed by atoms with Crippen molar-refractivity contribution in [2.24, 2.45) is 5.92 Å². The second kappa shape index (κ2) is 6.25. The maximum atomic E-state index is 12.4. The van der Waals surface area contributed by atoms with Gasteiger partial charge in [0.15, 0.2) is 0 Å². The molecule has 2 rings (SSSR count). The standard InChI is InChI=1S/C16H30N2O/c1-4-16(3,5-2)18-15(19)14-11-10-12-8-6-7-9-13(12)17-14/h12-14,17H,4-11H2,1-3H3,(H,18,19). The summed E-state index contributed by atoms with van der Waals surface area (Å²) in [7, 11) is 0. The summed E-state index contributed by atoms with van der Waals surface area (Å²) >= 11 is 0. The highest BCUT2D eigenvalue weighted by molar-refractivity contribution is 5.82. The first-order valence-electron chi connectivity index (χ1n) is 8.16. The summed E-state index contributed by atoms with van der Waals surface area (Å²) in [6, 6.07) is 0.629. The molecule has 3 unspecified atom stereocenters. The monoisotopic (exact) mass is 266 g/mol. The van der Waals surface area contributed by atoms with Gasteiger partial charge < -0.3 is 10.6 Å². The summed E-state index contributed by atoms with van der Waals surface area (Å²) < 4.78 is 0. The average molecular weight is 266 g/mol. The normalized spacial score (nSPS) is 31.6. The van der Waals surface area contributed by atoms with Crippen LogP contribution < -0.4 is 10.6 Å². The Morgan fingerprint density at radius 2 is 1.84 bits per heavy atom. The van der Waals surface area contributed by atoms with E-state index in [0.717, 1.165) is 25.2 Å². The summed E-state index contributed by atoms with van der Waals surface area (Å²) in [5, 5.41) is 6.87. The molecule has 2 aliphatic rings. The van der Waals surface area contributed by atoms with Gasteiger partial charge in [0.25, 0.3) is 0 Å². The number of nitrogens with one attached hydrogen (secondary N) is 2. The second-order valence-corrected chi connectivity index (χ2v) is 6.70. The maximum Gasteiger partial charge on any atom is 0.237 e. The fourth-order valence-electron chi connectivity index (χ4n) is 3.51. The van der Waals surface area contributed by atoms with Crippen molar-refractivity contribution >= 4 is 5.91 Å². The van der Waals surface area contributed by atoms with Crippen LogP contribution in [-0.4, -0.2) is 23.5 Å². The Morgan fingerprint density at radius 1 is 1.16 bits per heavy atom. The predicted molar refractivity (Wildman–Crippen MR) is 79.0 cm³/mol. The van der Waals surface area contributed by atoms with Crippen LogP contribution in [0, 0.1) is 5.92 Å². The van der Waals surface area contributed by atoms with Crippen molar-refractivity contribution in [3.8, 4) is 0 Å². The molecular formula is C16H30N2O. The number of rotatable bonds is 4. The minimum atomic E-state index is -0.0395. The first-order valence-corrected chi connectivity index (χ1v) is 8.16. The van der Waals surface area contributed by atoms with Gasteiger partial charge in [0.05, 0.1) is 6.04 Å². The van der Waals surface area contributed by atoms with E-state index in [-0.39, 0.29) is 17.5 Å². The third kappa shape index (κ3) is 3.50. The van der Waals surface area contributed by atoms with Gasteiger partial charge >= 0.3 is 0 Å². The predicted octanol–water partition coefficient (Wildman–Crippen LogP) is 2.99. The molecule has 0 aromatic heterocycles. The van der Waals surface area contributed by atoms with Crippen molar-refractivity contribution in [1.29, 1.82) is 0 Å². The Labute approximate surface area is 117 Å². The summed E-state index contributed by atoms with van der Waals surface area (Å²) in [4.78, 5) is 12.4. The van der Waals surface area contributed by atoms with Crippen LogP contribution in [0.25, 0.3) is 0 Å². The molecule has 1 aliphatic carbocycles. The molecule has 2 N–H and O–H groups in total. The molecular weight excluding hydrogens is 236 g/mol. The Bertz CT molecular complexity index is 312. The van der Waals surface area contributed by atoms with E-state index in [1.165, 1.54) is 32.1 Å². The van der Waals surface area contributed by atoms with E-state index in [1.54, 1.807) is 0 Å². The molecule has 1 aliphatic heterocycles. The summed E-state index contributed by atoms with van der Waals surface area (Å²) in [5.41, 5.74) is -0.0395. The van der Waals surface area contributed by atoms with Crippen LogP contribution in [0.3, 0.4) is 0 Å². The van der Waals surface area contributed by atoms with Gasteiger partial charge in [-0.2, -0.15) is 0 Å². The molecule has 1 heterocycles. The van der Waals surface area contributed by atoms with E-state index in [4.69, 9.17) is 0 Å². The van der Waals surface area contributed by atoms with Gasteiger partial charge in [-0.3, -0.25) is 4.79 Å². The van der Waals surface area contributed by atoms with E-state index in [9.17, 15) is 4.79 Å². The lowest BCUT2D eigenvalue weighted by molar-refractivity contribution is -0.126. The number of hydrogen-bond donors (Lipinski definition) is 2. The molecule has 110 valence electrons. The smallest absolute Gasteiger partial charge is 0.237 e. The highest BCUT2D eigenvalue weighted by Crippen LogP contribution is 2.32. The van der Waals surface area contributed by atoms with Gasteiger partial charge in [0.1, 0.15) is 0 Å². The van der Waals surface area contributed by atoms with E-state index in [0.29, 0.717) is 6.04 Å². The fourth-order valence-corrected chi connectivity index (χ4v) is 3.51. The van der Waals surface area contributed by atoms with Gasteiger partial charge in [-0.25, -0.2) is 0 Å². The van der Waals surface area contributed by atoms with Crippen LogP contribution in [0.1, 0.15) is 72.1 Å². The number of hydrogen-bond acceptors (Lipinski definition) is 2.